The number of pyridine rings is 1. The molecule has 1 N–H and O–H groups in total. The van der Waals surface area contributed by atoms with Gasteiger partial charge >= 0.3 is 0 Å². The van der Waals surface area contributed by atoms with Crippen molar-refractivity contribution in [3.05, 3.63) is 30.4 Å². The number of aromatic nitrogens is 3. The molecule has 0 aromatic carbocycles. The minimum atomic E-state index is -0.213. The first-order chi connectivity index (χ1) is 13.2. The summed E-state index contributed by atoms with van der Waals surface area (Å²) in [7, 11) is 0. The van der Waals surface area contributed by atoms with Crippen molar-refractivity contribution in [1.82, 2.24) is 30.2 Å². The van der Waals surface area contributed by atoms with E-state index in [-0.39, 0.29) is 17.9 Å². The summed E-state index contributed by atoms with van der Waals surface area (Å²) in [5, 5.41) is 6.83. The van der Waals surface area contributed by atoms with Gasteiger partial charge in [0.2, 0.25) is 23.5 Å². The third-order valence-electron chi connectivity index (χ3n) is 5.01. The first-order valence-electron chi connectivity index (χ1n) is 9.23. The van der Waals surface area contributed by atoms with Crippen molar-refractivity contribution in [2.24, 2.45) is 0 Å². The molecule has 9 nitrogen and oxygen atoms in total. The largest absolute Gasteiger partial charge is 0.353 e. The fourth-order valence-corrected chi connectivity index (χ4v) is 3.52. The van der Waals surface area contributed by atoms with Gasteiger partial charge in [-0.2, -0.15) is 4.98 Å². The minimum Gasteiger partial charge on any atom is -0.353 e. The maximum atomic E-state index is 12.5. The summed E-state index contributed by atoms with van der Waals surface area (Å²) in [6.45, 7) is 3.44. The van der Waals surface area contributed by atoms with Crippen LogP contribution in [0.25, 0.3) is 11.4 Å². The highest BCUT2D eigenvalue weighted by molar-refractivity contribution is 5.84. The lowest BCUT2D eigenvalue weighted by Crippen LogP contribution is -2.64. The van der Waals surface area contributed by atoms with Gasteiger partial charge in [0.25, 0.3) is 0 Å². The van der Waals surface area contributed by atoms with Gasteiger partial charge in [-0.15, -0.1) is 0 Å². The summed E-state index contributed by atoms with van der Waals surface area (Å²) in [6, 6.07) is 3.47. The van der Waals surface area contributed by atoms with Crippen LogP contribution in [-0.2, 0) is 16.0 Å². The van der Waals surface area contributed by atoms with Crippen molar-refractivity contribution >= 4 is 11.8 Å². The molecular formula is C18H22N6O3. The Balaban J connectivity index is 1.26. The molecule has 2 fully saturated rings. The predicted molar refractivity (Wildman–Crippen MR) is 95.4 cm³/mol. The average Bonchev–Trinajstić information content (AvgIpc) is 3.18. The number of carbonyl (C=O) groups excluding carboxylic acids is 2. The van der Waals surface area contributed by atoms with E-state index in [2.05, 4.69) is 25.3 Å². The molecule has 9 heteroatoms. The van der Waals surface area contributed by atoms with Crippen molar-refractivity contribution in [2.45, 2.75) is 25.3 Å². The molecule has 0 saturated carbocycles. The van der Waals surface area contributed by atoms with E-state index >= 15 is 0 Å². The van der Waals surface area contributed by atoms with E-state index in [4.69, 9.17) is 4.52 Å². The molecule has 2 saturated heterocycles. The highest BCUT2D eigenvalue weighted by Gasteiger charge is 2.35. The third kappa shape index (κ3) is 3.97. The smallest absolute Gasteiger partial charge is 0.239 e. The van der Waals surface area contributed by atoms with Crippen LogP contribution in [0.5, 0.6) is 0 Å². The van der Waals surface area contributed by atoms with Crippen LogP contribution in [0.1, 0.15) is 18.7 Å². The quantitative estimate of drug-likeness (QED) is 0.796. The Morgan fingerprint density at radius 3 is 3.11 bits per heavy atom. The molecule has 2 aliphatic heterocycles. The number of hydrogen-bond acceptors (Lipinski definition) is 7. The van der Waals surface area contributed by atoms with Crippen LogP contribution in [0.15, 0.2) is 29.0 Å². The van der Waals surface area contributed by atoms with Crippen LogP contribution in [0.2, 0.25) is 0 Å². The molecule has 4 heterocycles. The van der Waals surface area contributed by atoms with Crippen LogP contribution in [0, 0.1) is 0 Å². The summed E-state index contributed by atoms with van der Waals surface area (Å²) >= 11 is 0. The molecule has 0 unspecified atom stereocenters. The zero-order chi connectivity index (χ0) is 18.6. The van der Waals surface area contributed by atoms with Crippen LogP contribution in [0.3, 0.4) is 0 Å². The van der Waals surface area contributed by atoms with Crippen molar-refractivity contribution < 1.29 is 14.1 Å². The van der Waals surface area contributed by atoms with E-state index in [1.54, 1.807) is 17.3 Å². The van der Waals surface area contributed by atoms with Gasteiger partial charge in [0, 0.05) is 63.5 Å². The highest BCUT2D eigenvalue weighted by Crippen LogP contribution is 2.16. The topological polar surface area (TPSA) is 104 Å². The normalized spacial score (nSPS) is 20.2. The van der Waals surface area contributed by atoms with Crippen molar-refractivity contribution in [3.8, 4) is 11.4 Å². The fraction of sp³-hybridized carbons (Fsp3) is 0.500. The number of fused-ring (bicyclic) bond motifs is 1. The lowest BCUT2D eigenvalue weighted by atomic mass is 10.1. The summed E-state index contributed by atoms with van der Waals surface area (Å²) < 4.78 is 5.26. The summed E-state index contributed by atoms with van der Waals surface area (Å²) in [5.74, 6) is 1.11. The fourth-order valence-electron chi connectivity index (χ4n) is 3.52. The zero-order valence-corrected chi connectivity index (χ0v) is 15.0. The van der Waals surface area contributed by atoms with Gasteiger partial charge in [0.05, 0.1) is 0 Å². The van der Waals surface area contributed by atoms with Crippen LogP contribution >= 0.6 is 0 Å². The Labute approximate surface area is 156 Å². The number of hydrogen-bond donors (Lipinski definition) is 1. The summed E-state index contributed by atoms with van der Waals surface area (Å²) in [4.78, 5) is 36.8. The first-order valence-corrected chi connectivity index (χ1v) is 9.23. The molecule has 0 aliphatic carbocycles. The van der Waals surface area contributed by atoms with E-state index in [9.17, 15) is 9.59 Å². The molecular weight excluding hydrogens is 348 g/mol. The Morgan fingerprint density at radius 2 is 2.26 bits per heavy atom. The minimum absolute atomic E-state index is 0.0209. The van der Waals surface area contributed by atoms with E-state index in [1.807, 2.05) is 12.1 Å². The molecule has 0 spiro atoms. The second-order valence-electron chi connectivity index (χ2n) is 6.79. The van der Waals surface area contributed by atoms with E-state index in [1.165, 1.54) is 0 Å². The molecule has 1 atom stereocenters. The highest BCUT2D eigenvalue weighted by atomic mass is 16.5. The number of carbonyl (C=O) groups is 2. The molecule has 2 aromatic heterocycles. The number of amides is 2. The second-order valence-corrected chi connectivity index (χ2v) is 6.79. The monoisotopic (exact) mass is 370 g/mol. The van der Waals surface area contributed by atoms with E-state index < -0.39 is 0 Å². The van der Waals surface area contributed by atoms with E-state index in [0.717, 1.165) is 18.7 Å². The maximum absolute atomic E-state index is 12.5. The molecule has 142 valence electrons. The van der Waals surface area contributed by atoms with Crippen LogP contribution in [-0.4, -0.2) is 75.5 Å². The Hall–Kier alpha value is -2.81. The van der Waals surface area contributed by atoms with Crippen LogP contribution < -0.4 is 5.32 Å². The van der Waals surface area contributed by atoms with Gasteiger partial charge < -0.3 is 14.7 Å². The van der Waals surface area contributed by atoms with Gasteiger partial charge in [-0.25, -0.2) is 0 Å². The van der Waals surface area contributed by atoms with Gasteiger partial charge in [0.1, 0.15) is 6.04 Å². The SMILES string of the molecule is O=C1NCCN2CCN(C(=O)CCCc3nc(-c4cccnc4)no3)C[C@H]12. The first kappa shape index (κ1) is 17.6. The van der Waals surface area contributed by atoms with Gasteiger partial charge in [-0.3, -0.25) is 19.5 Å². The van der Waals surface area contributed by atoms with Crippen molar-refractivity contribution in [2.75, 3.05) is 32.7 Å². The molecule has 0 radical (unpaired) electrons. The summed E-state index contributed by atoms with van der Waals surface area (Å²) in [5.41, 5.74) is 0.798. The van der Waals surface area contributed by atoms with Crippen LogP contribution in [0.4, 0.5) is 0 Å². The molecule has 4 rings (SSSR count). The number of rotatable bonds is 5. The number of piperazine rings is 2. The lowest BCUT2D eigenvalue weighted by Gasteiger charge is -2.43. The molecule has 2 amide bonds. The third-order valence-corrected chi connectivity index (χ3v) is 5.01. The maximum Gasteiger partial charge on any atom is 0.239 e. The number of nitrogens with zero attached hydrogens (tertiary/aromatic N) is 5. The average molecular weight is 370 g/mol. The zero-order valence-electron chi connectivity index (χ0n) is 15.0. The van der Waals surface area contributed by atoms with Gasteiger partial charge in [-0.1, -0.05) is 5.16 Å². The van der Waals surface area contributed by atoms with Crippen molar-refractivity contribution in [1.29, 1.82) is 0 Å². The Morgan fingerprint density at radius 1 is 1.33 bits per heavy atom. The molecule has 27 heavy (non-hydrogen) atoms. The molecule has 0 bridgehead atoms. The predicted octanol–water partition coefficient (Wildman–Crippen LogP) is 0.0969. The Kier molecular flexibility index (Phi) is 5.10. The molecule has 2 aromatic rings. The number of nitrogens with one attached hydrogen (secondary N) is 1. The van der Waals surface area contributed by atoms with E-state index in [0.29, 0.717) is 50.6 Å². The number of aryl methyl sites for hydroxylation is 1. The lowest BCUT2D eigenvalue weighted by molar-refractivity contribution is -0.140. The Bertz CT molecular complexity index is 808. The second kappa shape index (κ2) is 7.83. The van der Waals surface area contributed by atoms with Gasteiger partial charge in [0.15, 0.2) is 0 Å². The van der Waals surface area contributed by atoms with Gasteiger partial charge in [-0.05, 0) is 18.6 Å². The standard InChI is InChI=1S/C18H22N6O3/c25-16(24-10-9-23-8-7-20-18(26)14(23)12-24)5-1-4-15-21-17(22-27-15)13-3-2-6-19-11-13/h2-3,6,11,14H,1,4-5,7-10,12H2,(H,20,26)/t14-/m1/s1. The van der Waals surface area contributed by atoms with Crippen molar-refractivity contribution in [3.63, 3.8) is 0 Å². The summed E-state index contributed by atoms with van der Waals surface area (Å²) in [6.07, 6.45) is 4.94. The molecule has 2 aliphatic rings.